The van der Waals surface area contributed by atoms with Gasteiger partial charge in [0.1, 0.15) is 0 Å². The van der Waals surface area contributed by atoms with Crippen LogP contribution in [-0.2, 0) is 17.8 Å². The molecule has 1 aliphatic carbocycles. The molecule has 140 valence electrons. The molecular weight excluding hydrogens is 332 g/mol. The van der Waals surface area contributed by atoms with Crippen molar-refractivity contribution in [1.82, 2.24) is 20.3 Å². The highest BCUT2D eigenvalue weighted by Crippen LogP contribution is 2.52. The molecule has 2 bridgehead atoms. The minimum absolute atomic E-state index is 0.189. The first kappa shape index (κ1) is 17.4. The Morgan fingerprint density at radius 1 is 1.42 bits per heavy atom. The molecule has 2 amide bonds. The summed E-state index contributed by atoms with van der Waals surface area (Å²) < 4.78 is 0. The summed E-state index contributed by atoms with van der Waals surface area (Å²) in [6.07, 6.45) is 5.68. The lowest BCUT2D eigenvalue weighted by Crippen LogP contribution is -2.49. The summed E-state index contributed by atoms with van der Waals surface area (Å²) in [6.45, 7) is 6.49. The van der Waals surface area contributed by atoms with E-state index in [1.807, 2.05) is 11.0 Å². The van der Waals surface area contributed by atoms with Crippen LogP contribution in [0.2, 0.25) is 0 Å². The van der Waals surface area contributed by atoms with E-state index in [2.05, 4.69) is 16.8 Å². The molecule has 3 aliphatic heterocycles. The van der Waals surface area contributed by atoms with Gasteiger partial charge in [-0.15, -0.1) is 0 Å². The van der Waals surface area contributed by atoms with E-state index >= 15 is 0 Å². The molecule has 1 atom stereocenters. The van der Waals surface area contributed by atoms with Crippen LogP contribution in [0, 0.1) is 5.41 Å². The van der Waals surface area contributed by atoms with Crippen molar-refractivity contribution in [2.75, 3.05) is 13.1 Å². The van der Waals surface area contributed by atoms with Crippen molar-refractivity contribution >= 4 is 11.8 Å². The molecule has 1 saturated carbocycles. The second-order valence-corrected chi connectivity index (χ2v) is 8.15. The lowest BCUT2D eigenvalue weighted by Gasteiger charge is -2.45. The maximum Gasteiger partial charge on any atom is 0.276 e. The summed E-state index contributed by atoms with van der Waals surface area (Å²) in [5.41, 5.74) is 4.39. The van der Waals surface area contributed by atoms with Crippen LogP contribution >= 0.6 is 0 Å². The zero-order valence-electron chi connectivity index (χ0n) is 15.4. The molecule has 0 radical (unpaired) electrons. The van der Waals surface area contributed by atoms with Crippen molar-refractivity contribution in [3.05, 3.63) is 29.1 Å². The maximum absolute atomic E-state index is 11.8. The molecule has 7 heteroatoms. The monoisotopic (exact) mass is 358 g/mol. The normalized spacial score (nSPS) is 29.9. The molecule has 1 aromatic heterocycles. The second-order valence-electron chi connectivity index (χ2n) is 8.15. The molecule has 2 saturated heterocycles. The first-order chi connectivity index (χ1) is 12.4. The average molecular weight is 358 g/mol. The smallest absolute Gasteiger partial charge is 0.276 e. The number of aromatic nitrogens is 1. The molecule has 0 unspecified atom stereocenters. The Morgan fingerprint density at radius 2 is 2.19 bits per heavy atom. The number of carbonyl (C=O) groups excluding carboxylic acids is 2. The van der Waals surface area contributed by atoms with E-state index in [9.17, 15) is 9.59 Å². The average Bonchev–Trinajstić information content (AvgIpc) is 3.15. The molecule has 4 aliphatic rings. The van der Waals surface area contributed by atoms with Gasteiger partial charge in [0.15, 0.2) is 0 Å². The predicted molar refractivity (Wildman–Crippen MR) is 94.5 cm³/mol. The van der Waals surface area contributed by atoms with Crippen molar-refractivity contribution < 1.29 is 14.8 Å². The van der Waals surface area contributed by atoms with Crippen LogP contribution in [0.3, 0.4) is 0 Å². The van der Waals surface area contributed by atoms with Crippen LogP contribution in [0.25, 0.3) is 0 Å². The Morgan fingerprint density at radius 3 is 2.81 bits per heavy atom. The Balaban J connectivity index is 1.53. The number of hydrogen-bond donors (Lipinski definition) is 2. The quantitative estimate of drug-likeness (QED) is 0.627. The second kappa shape index (κ2) is 6.32. The zero-order chi connectivity index (χ0) is 18.5. The highest BCUT2D eigenvalue weighted by Gasteiger charge is 2.56. The highest BCUT2D eigenvalue weighted by atomic mass is 16.5. The molecular formula is C19H26N4O3. The number of carbonyl (C=O) groups is 2. The number of fused-ring (bicyclic) bond motifs is 2. The summed E-state index contributed by atoms with van der Waals surface area (Å²) >= 11 is 0. The van der Waals surface area contributed by atoms with Gasteiger partial charge in [-0.1, -0.05) is 6.92 Å². The van der Waals surface area contributed by atoms with Crippen LogP contribution in [0.15, 0.2) is 12.3 Å². The lowest BCUT2D eigenvalue weighted by molar-refractivity contribution is -0.128. The molecule has 3 fully saturated rings. The number of hydrogen-bond acceptors (Lipinski definition) is 5. The van der Waals surface area contributed by atoms with Crippen LogP contribution in [0.5, 0.6) is 0 Å². The van der Waals surface area contributed by atoms with Crippen LogP contribution in [0.1, 0.15) is 54.7 Å². The summed E-state index contributed by atoms with van der Waals surface area (Å²) in [4.78, 5) is 32.5. The fourth-order valence-corrected chi connectivity index (χ4v) is 5.09. The Labute approximate surface area is 153 Å². The van der Waals surface area contributed by atoms with Crippen LogP contribution in [0.4, 0.5) is 0 Å². The van der Waals surface area contributed by atoms with Gasteiger partial charge in [-0.2, -0.15) is 0 Å². The van der Waals surface area contributed by atoms with Crippen molar-refractivity contribution in [2.45, 2.75) is 58.2 Å². The maximum atomic E-state index is 11.8. The van der Waals surface area contributed by atoms with E-state index < -0.39 is 5.91 Å². The fourth-order valence-electron chi connectivity index (χ4n) is 5.09. The van der Waals surface area contributed by atoms with Gasteiger partial charge in [0, 0.05) is 62.4 Å². The van der Waals surface area contributed by atoms with Crippen LogP contribution < -0.4 is 5.48 Å². The van der Waals surface area contributed by atoms with Gasteiger partial charge in [-0.25, -0.2) is 5.48 Å². The predicted octanol–water partition coefficient (Wildman–Crippen LogP) is 1.35. The number of pyridine rings is 1. The van der Waals surface area contributed by atoms with Gasteiger partial charge in [0.25, 0.3) is 5.91 Å². The molecule has 4 heterocycles. The van der Waals surface area contributed by atoms with E-state index in [0.29, 0.717) is 17.6 Å². The summed E-state index contributed by atoms with van der Waals surface area (Å²) in [7, 11) is 0. The number of rotatable bonds is 4. The number of amides is 2. The standard InChI is InChI=1S/C19H26N4O3/c1-3-15-5-17-14(4-13(8-20-17)18(25)21-26)9-22(15)10-19-6-16(7-19)23(11-19)12(2)24/h4,8,15-16,26H,3,5-7,9-11H2,1-2H3,(H,21,25)/t15-,16?,19?/m1/s1. The number of nitrogens with one attached hydrogen (secondary N) is 1. The van der Waals surface area contributed by atoms with Gasteiger partial charge in [0.2, 0.25) is 5.91 Å². The minimum Gasteiger partial charge on any atom is -0.339 e. The Bertz CT molecular complexity index is 744. The fraction of sp³-hybridized carbons (Fsp3) is 0.632. The number of nitrogens with zero attached hydrogens (tertiary/aromatic N) is 3. The lowest BCUT2D eigenvalue weighted by atomic mass is 9.69. The van der Waals surface area contributed by atoms with Gasteiger partial charge in [-0.05, 0) is 30.9 Å². The third kappa shape index (κ3) is 2.79. The Hall–Kier alpha value is -1.99. The third-order valence-electron chi connectivity index (χ3n) is 6.44. The first-order valence-corrected chi connectivity index (χ1v) is 9.38. The van der Waals surface area contributed by atoms with Crippen molar-refractivity contribution in [2.24, 2.45) is 5.41 Å². The SMILES string of the molecule is CC[C@@H]1Cc2ncc(C(=O)NO)cc2CN1CC12CC(C1)N(C(C)=O)C2. The Kier molecular flexibility index (Phi) is 4.23. The molecule has 5 rings (SSSR count). The first-order valence-electron chi connectivity index (χ1n) is 9.38. The van der Waals surface area contributed by atoms with E-state index in [-0.39, 0.29) is 11.3 Å². The van der Waals surface area contributed by atoms with E-state index in [1.165, 1.54) is 6.20 Å². The minimum atomic E-state index is -0.530. The summed E-state index contributed by atoms with van der Waals surface area (Å²) in [5.74, 6) is -0.341. The molecule has 2 N–H and O–H groups in total. The molecule has 26 heavy (non-hydrogen) atoms. The summed E-state index contributed by atoms with van der Waals surface area (Å²) in [6, 6.07) is 2.71. The topological polar surface area (TPSA) is 85.8 Å². The van der Waals surface area contributed by atoms with Crippen molar-refractivity contribution in [3.63, 3.8) is 0 Å². The van der Waals surface area contributed by atoms with E-state index in [1.54, 1.807) is 12.4 Å². The third-order valence-corrected chi connectivity index (χ3v) is 6.44. The zero-order valence-corrected chi connectivity index (χ0v) is 15.4. The van der Waals surface area contributed by atoms with Crippen molar-refractivity contribution in [3.8, 4) is 0 Å². The van der Waals surface area contributed by atoms with E-state index in [4.69, 9.17) is 5.21 Å². The highest BCUT2D eigenvalue weighted by molar-refractivity contribution is 5.93. The van der Waals surface area contributed by atoms with E-state index in [0.717, 1.165) is 56.6 Å². The van der Waals surface area contributed by atoms with Crippen molar-refractivity contribution in [1.29, 1.82) is 0 Å². The summed E-state index contributed by atoms with van der Waals surface area (Å²) in [5, 5.41) is 8.85. The van der Waals surface area contributed by atoms with Gasteiger partial charge in [0.05, 0.1) is 5.56 Å². The largest absolute Gasteiger partial charge is 0.339 e. The van der Waals surface area contributed by atoms with Gasteiger partial charge < -0.3 is 4.90 Å². The molecule has 0 spiro atoms. The molecule has 0 aromatic carbocycles. The van der Waals surface area contributed by atoms with Crippen LogP contribution in [-0.4, -0.2) is 57.0 Å². The number of hydroxylamine groups is 1. The molecule has 1 aromatic rings. The molecule has 7 nitrogen and oxygen atoms in total. The van der Waals surface area contributed by atoms with Gasteiger partial charge in [-0.3, -0.25) is 24.7 Å². The van der Waals surface area contributed by atoms with Gasteiger partial charge >= 0.3 is 0 Å².